The van der Waals surface area contributed by atoms with E-state index in [1.807, 2.05) is 0 Å². The summed E-state index contributed by atoms with van der Waals surface area (Å²) in [7, 11) is 3.05. The van der Waals surface area contributed by atoms with Crippen molar-refractivity contribution in [3.8, 4) is 11.5 Å². The molecule has 0 amide bonds. The normalized spacial score (nSPS) is 14.4. The van der Waals surface area contributed by atoms with Crippen LogP contribution in [0.1, 0.15) is 0 Å². The minimum atomic E-state index is -0.485. The van der Waals surface area contributed by atoms with E-state index in [1.165, 1.54) is 19.2 Å². The first-order valence-corrected chi connectivity index (χ1v) is 9.49. The number of nitrogens with one attached hydrogen (secondary N) is 4. The molecule has 1 aliphatic heterocycles. The zero-order chi connectivity index (χ0) is 22.7. The first-order valence-electron chi connectivity index (χ1n) is 9.49. The number of H-pyrrole nitrogens is 1. The number of imidazole rings is 1. The molecule has 2 heterocycles. The predicted molar refractivity (Wildman–Crippen MR) is 119 cm³/mol. The highest BCUT2D eigenvalue weighted by molar-refractivity contribution is 5.80. The number of ether oxygens (including phenoxy) is 2. The minimum absolute atomic E-state index is 0.00291. The Morgan fingerprint density at radius 3 is 2.84 bits per heavy atom. The maximum absolute atomic E-state index is 11.0. The fraction of sp³-hybridized carbons (Fsp3) is 0.0952. The molecule has 0 fully saturated rings. The lowest BCUT2D eigenvalue weighted by Crippen LogP contribution is -2.18. The van der Waals surface area contributed by atoms with Gasteiger partial charge in [-0.1, -0.05) is 0 Å². The van der Waals surface area contributed by atoms with E-state index in [0.717, 1.165) is 5.52 Å². The molecule has 5 N–H and O–H groups in total. The molecule has 0 bridgehead atoms. The van der Waals surface area contributed by atoms with Crippen LogP contribution in [0.25, 0.3) is 11.0 Å². The highest BCUT2D eigenvalue weighted by Crippen LogP contribution is 2.31. The predicted octanol–water partition coefficient (Wildman–Crippen LogP) is 3.55. The number of rotatable bonds is 7. The third kappa shape index (κ3) is 4.26. The molecule has 0 saturated heterocycles. The SMILES string of the molecule is CNC(O)=C1C=C(Oc2ccc3nc(Nc4ccc([N+](=O)[O-])cc4OC)[nH]c3c2)C=CN1. The first kappa shape index (κ1) is 20.6. The lowest BCUT2D eigenvalue weighted by Gasteiger charge is -2.14. The van der Waals surface area contributed by atoms with Crippen molar-refractivity contribution in [2.24, 2.45) is 0 Å². The number of hydrogen-bond donors (Lipinski definition) is 5. The van der Waals surface area contributed by atoms with E-state index in [2.05, 4.69) is 25.9 Å². The van der Waals surface area contributed by atoms with Crippen molar-refractivity contribution in [2.45, 2.75) is 0 Å². The van der Waals surface area contributed by atoms with Crippen molar-refractivity contribution in [3.63, 3.8) is 0 Å². The van der Waals surface area contributed by atoms with E-state index in [1.54, 1.807) is 49.7 Å². The molecule has 0 atom stereocenters. The Kier molecular flexibility index (Phi) is 5.53. The second-order valence-corrected chi connectivity index (χ2v) is 6.67. The van der Waals surface area contributed by atoms with Gasteiger partial charge in [0.1, 0.15) is 23.0 Å². The standard InChI is InChI=1S/C21H20N6O5/c1-22-20(28)18-11-14(7-8-23-18)32-13-4-6-15-17(10-13)26-21(24-15)25-16-5-3-12(27(29)30)9-19(16)31-2/h3-11,22-23,28H,1-2H3,(H2,24,25,26). The number of benzene rings is 2. The van der Waals surface area contributed by atoms with Gasteiger partial charge in [-0.2, -0.15) is 0 Å². The number of nitro benzene ring substituents is 1. The van der Waals surface area contributed by atoms with Crippen molar-refractivity contribution in [1.82, 2.24) is 20.6 Å². The molecule has 0 unspecified atom stereocenters. The lowest BCUT2D eigenvalue weighted by molar-refractivity contribution is -0.384. The summed E-state index contributed by atoms with van der Waals surface area (Å²) < 4.78 is 11.1. The number of nitro groups is 1. The number of nitrogens with zero attached hydrogens (tertiary/aromatic N) is 2. The van der Waals surface area contributed by atoms with Crippen LogP contribution in [-0.4, -0.2) is 34.2 Å². The highest BCUT2D eigenvalue weighted by atomic mass is 16.6. The van der Waals surface area contributed by atoms with E-state index in [4.69, 9.17) is 9.47 Å². The average Bonchev–Trinajstić information content (AvgIpc) is 3.20. The monoisotopic (exact) mass is 436 g/mol. The van der Waals surface area contributed by atoms with Crippen molar-refractivity contribution < 1.29 is 19.5 Å². The van der Waals surface area contributed by atoms with Crippen LogP contribution in [0.15, 0.2) is 72.1 Å². The summed E-state index contributed by atoms with van der Waals surface area (Å²) in [4.78, 5) is 18.1. The van der Waals surface area contributed by atoms with Crippen molar-refractivity contribution in [2.75, 3.05) is 19.5 Å². The third-order valence-electron chi connectivity index (χ3n) is 4.60. The number of methoxy groups -OCH3 is 1. The fourth-order valence-corrected chi connectivity index (χ4v) is 3.05. The van der Waals surface area contributed by atoms with E-state index in [0.29, 0.717) is 40.1 Å². The van der Waals surface area contributed by atoms with E-state index >= 15 is 0 Å². The van der Waals surface area contributed by atoms with E-state index in [-0.39, 0.29) is 11.6 Å². The van der Waals surface area contributed by atoms with Crippen LogP contribution in [0, 0.1) is 10.1 Å². The van der Waals surface area contributed by atoms with Crippen molar-refractivity contribution >= 4 is 28.4 Å². The van der Waals surface area contributed by atoms with Gasteiger partial charge in [0.2, 0.25) is 11.8 Å². The molecule has 0 aliphatic carbocycles. The maximum Gasteiger partial charge on any atom is 0.273 e. The van der Waals surface area contributed by atoms with Gasteiger partial charge in [0.25, 0.3) is 5.69 Å². The summed E-state index contributed by atoms with van der Waals surface area (Å²) in [5.41, 5.74) is 2.36. The number of aliphatic hydroxyl groups excluding tert-OH is 1. The topological polar surface area (TPSA) is 147 Å². The molecule has 164 valence electrons. The van der Waals surface area contributed by atoms with Gasteiger partial charge in [-0.15, -0.1) is 0 Å². The summed E-state index contributed by atoms with van der Waals surface area (Å²) in [6.07, 6.45) is 5.06. The Morgan fingerprint density at radius 2 is 2.09 bits per heavy atom. The Bertz CT molecular complexity index is 1280. The second kappa shape index (κ2) is 8.60. The number of hydrogen-bond acceptors (Lipinski definition) is 9. The third-order valence-corrected chi connectivity index (χ3v) is 4.60. The average molecular weight is 436 g/mol. The Morgan fingerprint density at radius 1 is 1.25 bits per heavy atom. The fourth-order valence-electron chi connectivity index (χ4n) is 3.05. The zero-order valence-corrected chi connectivity index (χ0v) is 17.2. The van der Waals surface area contributed by atoms with Gasteiger partial charge in [0.15, 0.2) is 0 Å². The quantitative estimate of drug-likeness (QED) is 0.213. The first-order chi connectivity index (χ1) is 15.5. The van der Waals surface area contributed by atoms with Gasteiger partial charge in [-0.25, -0.2) is 4.98 Å². The number of non-ortho nitro benzene ring substituents is 1. The van der Waals surface area contributed by atoms with Gasteiger partial charge < -0.3 is 35.5 Å². The highest BCUT2D eigenvalue weighted by Gasteiger charge is 2.14. The molecule has 4 rings (SSSR count). The van der Waals surface area contributed by atoms with Gasteiger partial charge in [0, 0.05) is 31.5 Å². The Labute approximate surface area is 182 Å². The molecular weight excluding hydrogens is 416 g/mol. The molecule has 1 aromatic heterocycles. The van der Waals surface area contributed by atoms with Crippen molar-refractivity contribution in [3.05, 3.63) is 82.2 Å². The summed E-state index contributed by atoms with van der Waals surface area (Å²) in [6.45, 7) is 0. The van der Waals surface area contributed by atoms with Gasteiger partial charge >= 0.3 is 0 Å². The largest absolute Gasteiger partial charge is 0.494 e. The number of aliphatic hydroxyl groups is 1. The number of aromatic amines is 1. The van der Waals surface area contributed by atoms with E-state index < -0.39 is 4.92 Å². The summed E-state index contributed by atoms with van der Waals surface area (Å²) in [5.74, 6) is 1.86. The molecule has 0 spiro atoms. The lowest BCUT2D eigenvalue weighted by atomic mass is 10.2. The number of dihydropyridines is 1. The Balaban J connectivity index is 1.56. The summed E-state index contributed by atoms with van der Waals surface area (Å²) >= 11 is 0. The number of fused-ring (bicyclic) bond motifs is 1. The van der Waals surface area contributed by atoms with Crippen LogP contribution >= 0.6 is 0 Å². The van der Waals surface area contributed by atoms with Crippen LogP contribution in [0.4, 0.5) is 17.3 Å². The van der Waals surface area contributed by atoms with Crippen LogP contribution in [0.5, 0.6) is 11.5 Å². The number of aromatic nitrogens is 2. The molecular formula is C21H20N6O5. The minimum Gasteiger partial charge on any atom is -0.494 e. The number of anilines is 2. The molecule has 3 aromatic rings. The second-order valence-electron chi connectivity index (χ2n) is 6.67. The smallest absolute Gasteiger partial charge is 0.273 e. The molecule has 11 heteroatoms. The van der Waals surface area contributed by atoms with Crippen LogP contribution in [0.2, 0.25) is 0 Å². The molecule has 2 aromatic carbocycles. The molecule has 0 radical (unpaired) electrons. The van der Waals surface area contributed by atoms with Crippen molar-refractivity contribution in [1.29, 1.82) is 0 Å². The van der Waals surface area contributed by atoms with Gasteiger partial charge in [0.05, 0.1) is 34.8 Å². The molecule has 11 nitrogen and oxygen atoms in total. The van der Waals surface area contributed by atoms with Gasteiger partial charge in [-0.05, 0) is 24.3 Å². The molecule has 0 saturated carbocycles. The maximum atomic E-state index is 11.0. The number of allylic oxidation sites excluding steroid dienone is 2. The Hall–Kier alpha value is -4.67. The molecule has 32 heavy (non-hydrogen) atoms. The summed E-state index contributed by atoms with van der Waals surface area (Å²) in [6, 6.07) is 9.64. The van der Waals surface area contributed by atoms with Crippen LogP contribution in [0.3, 0.4) is 0 Å². The van der Waals surface area contributed by atoms with E-state index in [9.17, 15) is 15.2 Å². The van der Waals surface area contributed by atoms with Crippen LogP contribution in [-0.2, 0) is 0 Å². The van der Waals surface area contributed by atoms with Gasteiger partial charge in [-0.3, -0.25) is 10.1 Å². The summed E-state index contributed by atoms with van der Waals surface area (Å²) in [5, 5.41) is 29.4. The van der Waals surface area contributed by atoms with Crippen LogP contribution < -0.4 is 25.4 Å². The zero-order valence-electron chi connectivity index (χ0n) is 17.2. The molecule has 1 aliphatic rings.